The van der Waals surface area contributed by atoms with Crippen molar-refractivity contribution in [3.05, 3.63) is 12.7 Å². The molecule has 0 fully saturated rings. The zero-order valence-electron chi connectivity index (χ0n) is 6.10. The Hall–Kier alpha value is -0.710. The summed E-state index contributed by atoms with van der Waals surface area (Å²) < 4.78 is 28.6. The maximum absolute atomic E-state index is 11.2. The van der Waals surface area contributed by atoms with Gasteiger partial charge in [-0.15, -0.1) is 4.73 Å². The summed E-state index contributed by atoms with van der Waals surface area (Å²) in [6, 6.07) is 0. The van der Waals surface area contributed by atoms with Gasteiger partial charge in [-0.3, -0.25) is 9.36 Å². The zero-order chi connectivity index (χ0) is 9.61. The van der Waals surface area contributed by atoms with Crippen LogP contribution in [-0.2, 0) is 18.8 Å². The number of ether oxygens (including phenoxy) is 1. The molecule has 1 N–H and O–H groups in total. The quantitative estimate of drug-likeness (QED) is 0.402. The highest BCUT2D eigenvalue weighted by molar-refractivity contribution is 7.53. The van der Waals surface area contributed by atoms with Crippen LogP contribution in [-0.4, -0.2) is 23.6 Å². The maximum atomic E-state index is 11.2. The Labute approximate surface area is 68.2 Å². The predicted molar refractivity (Wildman–Crippen MR) is 38.0 cm³/mol. The third-order valence-corrected chi connectivity index (χ3v) is 1.67. The number of carbonyl (C=O) groups excluding carboxylic acids is 1. The zero-order valence-corrected chi connectivity index (χ0v) is 7.00. The highest BCUT2D eigenvalue weighted by atomic mass is 31.2. The van der Waals surface area contributed by atoms with Gasteiger partial charge in [0.2, 0.25) is 0 Å². The van der Waals surface area contributed by atoms with E-state index in [0.717, 1.165) is 0 Å². The number of hydrogen-bond acceptors (Lipinski definition) is 4. The highest BCUT2D eigenvalue weighted by Crippen LogP contribution is 2.41. The first-order valence-corrected chi connectivity index (χ1v) is 4.67. The Kier molecular flexibility index (Phi) is 4.73. The van der Waals surface area contributed by atoms with Crippen LogP contribution in [0.2, 0.25) is 0 Å². The van der Waals surface area contributed by atoms with E-state index in [9.17, 15) is 13.9 Å². The summed E-state index contributed by atoms with van der Waals surface area (Å²) >= 11 is 0. The molecule has 0 amide bonds. The largest absolute Gasteiger partial charge is 0.461 e. The number of halogens is 1. The van der Waals surface area contributed by atoms with E-state index in [-0.39, 0.29) is 6.61 Å². The lowest BCUT2D eigenvalue weighted by molar-refractivity contribution is -0.140. The second-order valence-electron chi connectivity index (χ2n) is 1.84. The second-order valence-corrected chi connectivity index (χ2v) is 3.57. The number of hydrogen-bond donors (Lipinski definition) is 1. The Balaban J connectivity index is 3.84. The van der Waals surface area contributed by atoms with Gasteiger partial charge in [-0.05, 0) is 4.53 Å². The molecule has 0 aromatic heterocycles. The van der Waals surface area contributed by atoms with Crippen LogP contribution >= 0.6 is 7.60 Å². The molecule has 0 aliphatic carbocycles. The van der Waals surface area contributed by atoms with E-state index in [0.29, 0.717) is 0 Å². The first kappa shape index (κ1) is 11.3. The summed E-state index contributed by atoms with van der Waals surface area (Å²) in [5.74, 6) is -1.02. The van der Waals surface area contributed by atoms with Gasteiger partial charge in [-0.2, -0.15) is 0 Å². The van der Waals surface area contributed by atoms with Crippen molar-refractivity contribution in [1.82, 2.24) is 0 Å². The van der Waals surface area contributed by atoms with Gasteiger partial charge in [0.15, 0.2) is 0 Å². The van der Waals surface area contributed by atoms with Crippen LogP contribution < -0.4 is 0 Å². The first-order chi connectivity index (χ1) is 5.52. The van der Waals surface area contributed by atoms with Crippen molar-refractivity contribution in [2.24, 2.45) is 0 Å². The van der Waals surface area contributed by atoms with E-state index in [2.05, 4.69) is 16.0 Å². The van der Waals surface area contributed by atoms with E-state index in [1.54, 1.807) is 0 Å². The monoisotopic (exact) mass is 198 g/mol. The fraction of sp³-hybridized carbons (Fsp3) is 0.400. The minimum atomic E-state index is -4.45. The van der Waals surface area contributed by atoms with Gasteiger partial charge >= 0.3 is 13.6 Å². The SMILES string of the molecule is C=CCOC(=O)CP(=O)(O)OF. The lowest BCUT2D eigenvalue weighted by atomic mass is 10.7. The Morgan fingerprint density at radius 1 is 1.75 bits per heavy atom. The minimum Gasteiger partial charge on any atom is -0.461 e. The van der Waals surface area contributed by atoms with Gasteiger partial charge in [0.1, 0.15) is 12.8 Å². The topological polar surface area (TPSA) is 72.8 Å². The summed E-state index contributed by atoms with van der Waals surface area (Å²) in [6.07, 6.45) is 0.272. The van der Waals surface area contributed by atoms with Crippen molar-refractivity contribution in [2.45, 2.75) is 0 Å². The summed E-state index contributed by atoms with van der Waals surface area (Å²) in [4.78, 5) is 19.0. The van der Waals surface area contributed by atoms with Gasteiger partial charge in [-0.25, -0.2) is 0 Å². The molecule has 0 rings (SSSR count). The molecule has 1 atom stereocenters. The summed E-state index contributed by atoms with van der Waals surface area (Å²) in [6.45, 7) is 3.14. The Bertz CT molecular complexity index is 216. The van der Waals surface area contributed by atoms with Crippen LogP contribution in [0, 0.1) is 0 Å². The maximum Gasteiger partial charge on any atom is 0.372 e. The molecule has 0 bridgehead atoms. The Morgan fingerprint density at radius 2 is 2.33 bits per heavy atom. The third kappa shape index (κ3) is 5.01. The molecule has 0 saturated heterocycles. The molecule has 7 heteroatoms. The van der Waals surface area contributed by atoms with Crippen LogP contribution in [0.25, 0.3) is 0 Å². The van der Waals surface area contributed by atoms with Gasteiger partial charge < -0.3 is 9.63 Å². The van der Waals surface area contributed by atoms with Crippen molar-refractivity contribution in [3.63, 3.8) is 0 Å². The van der Waals surface area contributed by atoms with Gasteiger partial charge in [-0.1, -0.05) is 12.7 Å². The molecule has 0 aliphatic rings. The Morgan fingerprint density at radius 3 is 2.75 bits per heavy atom. The molecule has 5 nitrogen and oxygen atoms in total. The van der Waals surface area contributed by atoms with Crippen LogP contribution in [0.15, 0.2) is 12.7 Å². The van der Waals surface area contributed by atoms with E-state index < -0.39 is 19.7 Å². The van der Waals surface area contributed by atoms with E-state index in [1.807, 2.05) is 0 Å². The van der Waals surface area contributed by atoms with Gasteiger partial charge in [0, 0.05) is 0 Å². The van der Waals surface area contributed by atoms with Crippen LogP contribution in [0.5, 0.6) is 0 Å². The average Bonchev–Trinajstić information content (AvgIpc) is 2.00. The molecule has 0 radical (unpaired) electrons. The predicted octanol–water partition coefficient (Wildman–Crippen LogP) is 0.802. The van der Waals surface area contributed by atoms with E-state index in [1.165, 1.54) is 6.08 Å². The summed E-state index contributed by atoms with van der Waals surface area (Å²) in [5, 5.41) is 0. The molecule has 0 heterocycles. The average molecular weight is 198 g/mol. The van der Waals surface area contributed by atoms with Gasteiger partial charge in [0.25, 0.3) is 0 Å². The lowest BCUT2D eigenvalue weighted by Crippen LogP contribution is -2.10. The number of esters is 1. The molecule has 0 spiro atoms. The fourth-order valence-electron chi connectivity index (χ4n) is 0.385. The molecule has 70 valence electrons. The number of rotatable bonds is 5. The lowest BCUT2D eigenvalue weighted by Gasteiger charge is -2.03. The molecule has 12 heavy (non-hydrogen) atoms. The molecule has 0 saturated carbocycles. The molecular weight excluding hydrogens is 190 g/mol. The van der Waals surface area contributed by atoms with E-state index >= 15 is 0 Å². The molecule has 1 unspecified atom stereocenters. The second kappa shape index (κ2) is 5.03. The summed E-state index contributed by atoms with van der Waals surface area (Å²) in [5.41, 5.74) is 0. The van der Waals surface area contributed by atoms with E-state index in [4.69, 9.17) is 4.89 Å². The molecular formula is C5H8FO5P. The normalized spacial score (nSPS) is 14.8. The standard InChI is InChI=1S/C5H8FO5P/c1-2-3-10-5(7)4-12(8,9)11-6/h2H,1,3-4H2,(H,8,9). The minimum absolute atomic E-state index is 0.0921. The number of carbonyl (C=O) groups is 1. The molecule has 0 aromatic carbocycles. The van der Waals surface area contributed by atoms with Crippen LogP contribution in [0.1, 0.15) is 0 Å². The first-order valence-electron chi connectivity index (χ1n) is 2.90. The highest BCUT2D eigenvalue weighted by Gasteiger charge is 2.25. The third-order valence-electron chi connectivity index (χ3n) is 0.799. The molecule has 0 aromatic rings. The van der Waals surface area contributed by atoms with Crippen molar-refractivity contribution >= 4 is 13.6 Å². The summed E-state index contributed by atoms with van der Waals surface area (Å²) in [7, 11) is -4.45. The van der Waals surface area contributed by atoms with Crippen molar-refractivity contribution in [1.29, 1.82) is 0 Å². The van der Waals surface area contributed by atoms with Crippen LogP contribution in [0.3, 0.4) is 0 Å². The van der Waals surface area contributed by atoms with Crippen LogP contribution in [0.4, 0.5) is 4.53 Å². The fourth-order valence-corrected chi connectivity index (χ4v) is 0.851. The smallest absolute Gasteiger partial charge is 0.372 e. The van der Waals surface area contributed by atoms with Crippen molar-refractivity contribution in [2.75, 3.05) is 12.8 Å². The van der Waals surface area contributed by atoms with Crippen molar-refractivity contribution in [3.8, 4) is 0 Å². The van der Waals surface area contributed by atoms with Crippen molar-refractivity contribution < 1.29 is 28.2 Å². The molecule has 0 aliphatic heterocycles. The van der Waals surface area contributed by atoms with Gasteiger partial charge in [0.05, 0.1) is 0 Å².